The zero-order chi connectivity index (χ0) is 16.2. The second-order valence-electron chi connectivity index (χ2n) is 5.81. The zero-order valence-electron chi connectivity index (χ0n) is 13.6. The predicted molar refractivity (Wildman–Crippen MR) is 97.1 cm³/mol. The first-order valence-corrected chi connectivity index (χ1v) is 8.05. The third-order valence-corrected chi connectivity index (χ3v) is 4.15. The minimum absolute atomic E-state index is 0.0271. The van der Waals surface area contributed by atoms with Crippen molar-refractivity contribution in [1.29, 1.82) is 0 Å². The highest BCUT2D eigenvalue weighted by atomic mass is 16.2. The summed E-state index contributed by atoms with van der Waals surface area (Å²) in [6, 6.07) is 22.2. The van der Waals surface area contributed by atoms with Crippen LogP contribution in [0.25, 0.3) is 10.8 Å². The van der Waals surface area contributed by atoms with E-state index in [2.05, 4.69) is 31.2 Å². The standard InChI is InChI=1S/C21H21NO/c1-3-8-16-9-6-12-18(15-16)21(23)22(2)20-14-7-11-17-10-4-5-13-19(17)20/h4-7,9-15H,3,8H2,1-2H3. The van der Waals surface area contributed by atoms with Crippen LogP contribution in [0.2, 0.25) is 0 Å². The number of carbonyl (C=O) groups is 1. The number of nitrogens with zero attached hydrogens (tertiary/aromatic N) is 1. The third kappa shape index (κ3) is 3.11. The first-order valence-electron chi connectivity index (χ1n) is 8.05. The van der Waals surface area contributed by atoms with Crippen LogP contribution in [0.1, 0.15) is 29.3 Å². The average Bonchev–Trinajstić information content (AvgIpc) is 2.60. The highest BCUT2D eigenvalue weighted by molar-refractivity contribution is 6.10. The van der Waals surface area contributed by atoms with Crippen molar-refractivity contribution >= 4 is 22.4 Å². The van der Waals surface area contributed by atoms with Crippen molar-refractivity contribution in [2.75, 3.05) is 11.9 Å². The van der Waals surface area contributed by atoms with Crippen LogP contribution in [0.3, 0.4) is 0 Å². The largest absolute Gasteiger partial charge is 0.311 e. The fourth-order valence-corrected chi connectivity index (χ4v) is 2.95. The first-order chi connectivity index (χ1) is 11.2. The topological polar surface area (TPSA) is 20.3 Å². The summed E-state index contributed by atoms with van der Waals surface area (Å²) in [7, 11) is 1.84. The summed E-state index contributed by atoms with van der Waals surface area (Å²) < 4.78 is 0. The van der Waals surface area contributed by atoms with Gasteiger partial charge in [0.1, 0.15) is 0 Å². The van der Waals surface area contributed by atoms with Crippen LogP contribution < -0.4 is 4.90 Å². The van der Waals surface area contributed by atoms with Crippen LogP contribution >= 0.6 is 0 Å². The summed E-state index contributed by atoms with van der Waals surface area (Å²) in [6.45, 7) is 2.15. The first kappa shape index (κ1) is 15.3. The second kappa shape index (κ2) is 6.66. The summed E-state index contributed by atoms with van der Waals surface area (Å²) >= 11 is 0. The lowest BCUT2D eigenvalue weighted by molar-refractivity contribution is 0.0993. The monoisotopic (exact) mass is 303 g/mol. The number of carbonyl (C=O) groups excluding carboxylic acids is 1. The molecule has 3 aromatic carbocycles. The molecule has 3 aromatic rings. The summed E-state index contributed by atoms with van der Waals surface area (Å²) in [5, 5.41) is 2.24. The van der Waals surface area contributed by atoms with E-state index in [-0.39, 0.29) is 5.91 Å². The molecule has 0 heterocycles. The lowest BCUT2D eigenvalue weighted by Crippen LogP contribution is -2.26. The van der Waals surface area contributed by atoms with Crippen LogP contribution in [-0.2, 0) is 6.42 Å². The number of rotatable bonds is 4. The van der Waals surface area contributed by atoms with E-state index in [1.54, 1.807) is 4.90 Å². The molecule has 0 radical (unpaired) electrons. The lowest BCUT2D eigenvalue weighted by atomic mass is 10.0. The fourth-order valence-electron chi connectivity index (χ4n) is 2.95. The molecule has 0 aliphatic heterocycles. The number of hydrogen-bond donors (Lipinski definition) is 0. The molecule has 0 unspecified atom stereocenters. The van der Waals surface area contributed by atoms with E-state index in [1.165, 1.54) is 5.56 Å². The zero-order valence-corrected chi connectivity index (χ0v) is 13.6. The van der Waals surface area contributed by atoms with Crippen LogP contribution in [-0.4, -0.2) is 13.0 Å². The van der Waals surface area contributed by atoms with Crippen molar-refractivity contribution in [1.82, 2.24) is 0 Å². The normalized spacial score (nSPS) is 10.7. The van der Waals surface area contributed by atoms with Gasteiger partial charge in [-0.05, 0) is 35.6 Å². The van der Waals surface area contributed by atoms with E-state index in [9.17, 15) is 4.79 Å². The Morgan fingerprint density at radius 3 is 2.52 bits per heavy atom. The number of benzene rings is 3. The Hall–Kier alpha value is -2.61. The summed E-state index contributed by atoms with van der Waals surface area (Å²) in [6.07, 6.45) is 2.08. The van der Waals surface area contributed by atoms with E-state index in [0.717, 1.165) is 34.9 Å². The van der Waals surface area contributed by atoms with Crippen molar-refractivity contribution < 1.29 is 4.79 Å². The molecule has 2 heteroatoms. The van der Waals surface area contributed by atoms with Gasteiger partial charge >= 0.3 is 0 Å². The van der Waals surface area contributed by atoms with Gasteiger partial charge in [-0.3, -0.25) is 4.79 Å². The van der Waals surface area contributed by atoms with E-state index < -0.39 is 0 Å². The predicted octanol–water partition coefficient (Wildman–Crippen LogP) is 5.07. The molecule has 0 saturated carbocycles. The van der Waals surface area contributed by atoms with Crippen molar-refractivity contribution in [3.63, 3.8) is 0 Å². The maximum Gasteiger partial charge on any atom is 0.258 e. The molecule has 2 nitrogen and oxygen atoms in total. The molecule has 3 rings (SSSR count). The fraction of sp³-hybridized carbons (Fsp3) is 0.190. The van der Waals surface area contributed by atoms with E-state index in [4.69, 9.17) is 0 Å². The molecule has 0 spiro atoms. The molecule has 0 N–H and O–H groups in total. The Morgan fingerprint density at radius 1 is 0.957 bits per heavy atom. The molecule has 0 aliphatic rings. The van der Waals surface area contributed by atoms with Crippen molar-refractivity contribution in [2.45, 2.75) is 19.8 Å². The molecule has 0 aliphatic carbocycles. The van der Waals surface area contributed by atoms with Gasteiger partial charge in [-0.2, -0.15) is 0 Å². The third-order valence-electron chi connectivity index (χ3n) is 4.15. The van der Waals surface area contributed by atoms with Crippen LogP contribution in [0.5, 0.6) is 0 Å². The highest BCUT2D eigenvalue weighted by Crippen LogP contribution is 2.27. The van der Waals surface area contributed by atoms with Crippen molar-refractivity contribution in [3.8, 4) is 0 Å². The molecule has 0 saturated heterocycles. The van der Waals surface area contributed by atoms with E-state index >= 15 is 0 Å². The molecular weight excluding hydrogens is 282 g/mol. The number of fused-ring (bicyclic) bond motifs is 1. The molecule has 0 atom stereocenters. The quantitative estimate of drug-likeness (QED) is 0.659. The Kier molecular flexibility index (Phi) is 4.42. The van der Waals surface area contributed by atoms with E-state index in [1.807, 2.05) is 49.5 Å². The Morgan fingerprint density at radius 2 is 1.70 bits per heavy atom. The van der Waals surface area contributed by atoms with Gasteiger partial charge in [-0.15, -0.1) is 0 Å². The molecule has 0 fully saturated rings. The summed E-state index contributed by atoms with van der Waals surface area (Å²) in [5.74, 6) is 0.0271. The lowest BCUT2D eigenvalue weighted by Gasteiger charge is -2.20. The minimum atomic E-state index is 0.0271. The van der Waals surface area contributed by atoms with Crippen molar-refractivity contribution in [2.24, 2.45) is 0 Å². The Balaban J connectivity index is 1.97. The van der Waals surface area contributed by atoms with Crippen LogP contribution in [0, 0.1) is 0 Å². The number of hydrogen-bond acceptors (Lipinski definition) is 1. The maximum atomic E-state index is 12.9. The maximum absolute atomic E-state index is 12.9. The number of aryl methyl sites for hydroxylation is 1. The van der Waals surface area contributed by atoms with Gasteiger partial charge in [0, 0.05) is 18.0 Å². The SMILES string of the molecule is CCCc1cccc(C(=O)N(C)c2cccc3ccccc23)c1. The van der Waals surface area contributed by atoms with Gasteiger partial charge in [0.15, 0.2) is 0 Å². The molecule has 23 heavy (non-hydrogen) atoms. The Bertz CT molecular complexity index is 833. The van der Waals surface area contributed by atoms with Gasteiger partial charge in [-0.1, -0.05) is 61.9 Å². The second-order valence-corrected chi connectivity index (χ2v) is 5.81. The average molecular weight is 303 g/mol. The molecule has 0 aromatic heterocycles. The van der Waals surface area contributed by atoms with Gasteiger partial charge in [0.2, 0.25) is 0 Å². The Labute approximate surface area is 137 Å². The summed E-state index contributed by atoms with van der Waals surface area (Å²) in [5.41, 5.74) is 2.89. The number of anilines is 1. The van der Waals surface area contributed by atoms with Crippen LogP contribution in [0.15, 0.2) is 66.7 Å². The summed E-state index contributed by atoms with van der Waals surface area (Å²) in [4.78, 5) is 14.6. The molecule has 116 valence electrons. The van der Waals surface area contributed by atoms with Crippen molar-refractivity contribution in [3.05, 3.63) is 77.9 Å². The minimum Gasteiger partial charge on any atom is -0.311 e. The van der Waals surface area contributed by atoms with Gasteiger partial charge < -0.3 is 4.90 Å². The molecule has 0 bridgehead atoms. The molecular formula is C21H21NO. The smallest absolute Gasteiger partial charge is 0.258 e. The van der Waals surface area contributed by atoms with Gasteiger partial charge in [-0.25, -0.2) is 0 Å². The van der Waals surface area contributed by atoms with Crippen LogP contribution in [0.4, 0.5) is 5.69 Å². The van der Waals surface area contributed by atoms with Gasteiger partial charge in [0.25, 0.3) is 5.91 Å². The number of amides is 1. The highest BCUT2D eigenvalue weighted by Gasteiger charge is 2.15. The van der Waals surface area contributed by atoms with E-state index in [0.29, 0.717) is 0 Å². The van der Waals surface area contributed by atoms with Gasteiger partial charge in [0.05, 0.1) is 5.69 Å². The molecule has 1 amide bonds.